The van der Waals surface area contributed by atoms with Crippen molar-refractivity contribution in [1.82, 2.24) is 0 Å². The molecule has 0 aromatic rings. The summed E-state index contributed by atoms with van der Waals surface area (Å²) in [5.74, 6) is -1.91. The Balaban J connectivity index is 5.53. The lowest BCUT2D eigenvalue weighted by molar-refractivity contribution is -0.140. The summed E-state index contributed by atoms with van der Waals surface area (Å²) >= 11 is 1.58. The Morgan fingerprint density at radius 3 is 1.50 bits per heavy atom. The quantitative estimate of drug-likeness (QED) is 0.299. The monoisotopic (exact) mass is 348 g/mol. The second-order valence-corrected chi connectivity index (χ2v) is 6.79. The lowest BCUT2D eigenvalue weighted by Gasteiger charge is -2.17. The summed E-state index contributed by atoms with van der Waals surface area (Å²) in [6.45, 7) is 6.93. The van der Waals surface area contributed by atoms with Crippen molar-refractivity contribution in [3.8, 4) is 0 Å². The molecule has 0 rings (SSSR count). The van der Waals surface area contributed by atoms with Crippen LogP contribution < -0.4 is 0 Å². The third-order valence-electron chi connectivity index (χ3n) is 2.23. The van der Waals surface area contributed by atoms with Crippen LogP contribution in [0.15, 0.2) is 21.3 Å². The highest BCUT2D eigenvalue weighted by Crippen LogP contribution is 2.37. The molecule has 0 atom stereocenters. The molecule has 6 nitrogen and oxygen atoms in total. The highest BCUT2D eigenvalue weighted by molar-refractivity contribution is 8.22. The molecule has 0 saturated carbocycles. The van der Waals surface area contributed by atoms with Crippen LogP contribution >= 0.6 is 23.5 Å². The number of ether oxygens (including phenoxy) is 1. The smallest absolute Gasteiger partial charge is 0.330 e. The average Bonchev–Trinajstić information content (AvgIpc) is 2.36. The predicted molar refractivity (Wildman–Crippen MR) is 87.6 cm³/mol. The minimum absolute atomic E-state index is 0.00375. The van der Waals surface area contributed by atoms with Gasteiger partial charge >= 0.3 is 5.97 Å². The minimum atomic E-state index is -0.998. The Bertz CT molecular complexity index is 475. The first-order chi connectivity index (χ1) is 10.1. The van der Waals surface area contributed by atoms with Gasteiger partial charge in [-0.05, 0) is 34.6 Å². The molecule has 0 radical (unpaired) electrons. The number of carbonyl (C=O) groups excluding carboxylic acids is 3. The van der Waals surface area contributed by atoms with Gasteiger partial charge in [-0.3, -0.25) is 9.59 Å². The number of carbonyl (C=O) groups is 3. The van der Waals surface area contributed by atoms with Crippen LogP contribution in [0.1, 0.15) is 34.6 Å². The van der Waals surface area contributed by atoms with Gasteiger partial charge in [0, 0.05) is 0 Å². The van der Waals surface area contributed by atoms with E-state index in [4.69, 9.17) is 4.74 Å². The van der Waals surface area contributed by atoms with Gasteiger partial charge in [0.2, 0.25) is 0 Å². The molecule has 0 aromatic heterocycles. The predicted octanol–water partition coefficient (Wildman–Crippen LogP) is 3.10. The SMILES string of the molecule is CCOC(=O)C(SC(C(C)=O)=C(C)O)SC(C(C)=O)=C(C)O. The number of allylic oxidation sites excluding steroid dienone is 4. The summed E-state index contributed by atoms with van der Waals surface area (Å²) in [7, 11) is 0. The molecule has 0 spiro atoms. The first-order valence-electron chi connectivity index (χ1n) is 6.43. The van der Waals surface area contributed by atoms with Crippen LogP contribution in [-0.4, -0.2) is 38.9 Å². The fourth-order valence-corrected chi connectivity index (χ4v) is 3.59. The number of aliphatic hydroxyl groups excluding tert-OH is 2. The molecule has 0 fully saturated rings. The van der Waals surface area contributed by atoms with Gasteiger partial charge in [0.1, 0.15) is 11.5 Å². The standard InChI is InChI=1S/C14H20O6S2/c1-6-20-13(19)14(21-11(7(2)15)8(3)16)22-12(9(4)17)10(5)18/h14-15,17H,6H2,1-5H3. The van der Waals surface area contributed by atoms with E-state index >= 15 is 0 Å². The van der Waals surface area contributed by atoms with Crippen molar-refractivity contribution in [2.45, 2.75) is 39.2 Å². The van der Waals surface area contributed by atoms with Crippen LogP contribution in [0.2, 0.25) is 0 Å². The third-order valence-corrected chi connectivity index (χ3v) is 5.25. The molecule has 22 heavy (non-hydrogen) atoms. The zero-order valence-corrected chi connectivity index (χ0v) is 14.8. The van der Waals surface area contributed by atoms with E-state index in [0.29, 0.717) is 0 Å². The Hall–Kier alpha value is -1.41. The normalized spacial score (nSPS) is 14.6. The van der Waals surface area contributed by atoms with E-state index < -0.39 is 22.1 Å². The van der Waals surface area contributed by atoms with Gasteiger partial charge < -0.3 is 14.9 Å². The molecule has 124 valence electrons. The number of Topliss-reactive ketones (excluding diaryl/α,β-unsaturated/α-hetero) is 2. The first-order valence-corrected chi connectivity index (χ1v) is 8.19. The van der Waals surface area contributed by atoms with Crippen molar-refractivity contribution in [1.29, 1.82) is 0 Å². The second-order valence-electron chi connectivity index (χ2n) is 4.26. The number of esters is 1. The Morgan fingerprint density at radius 1 is 0.909 bits per heavy atom. The molecule has 0 heterocycles. The maximum Gasteiger partial charge on any atom is 0.330 e. The number of hydrogen-bond donors (Lipinski definition) is 2. The number of aliphatic hydroxyl groups is 2. The Morgan fingerprint density at radius 2 is 1.27 bits per heavy atom. The van der Waals surface area contributed by atoms with E-state index in [2.05, 4.69) is 0 Å². The van der Waals surface area contributed by atoms with Crippen molar-refractivity contribution in [2.24, 2.45) is 0 Å². The van der Waals surface area contributed by atoms with Crippen molar-refractivity contribution < 1.29 is 29.3 Å². The number of ketones is 2. The fraction of sp³-hybridized carbons (Fsp3) is 0.500. The fourth-order valence-electron chi connectivity index (χ4n) is 1.39. The van der Waals surface area contributed by atoms with E-state index in [9.17, 15) is 24.6 Å². The Labute approximate surface area is 138 Å². The van der Waals surface area contributed by atoms with Gasteiger partial charge in [0.05, 0.1) is 16.4 Å². The largest absolute Gasteiger partial charge is 0.511 e. The van der Waals surface area contributed by atoms with Gasteiger partial charge in [-0.15, -0.1) is 0 Å². The van der Waals surface area contributed by atoms with Crippen LogP contribution in [0.4, 0.5) is 0 Å². The van der Waals surface area contributed by atoms with Gasteiger partial charge in [-0.1, -0.05) is 23.5 Å². The maximum atomic E-state index is 12.0. The summed E-state index contributed by atoms with van der Waals surface area (Å²) in [6, 6.07) is 0. The van der Waals surface area contributed by atoms with Crippen LogP contribution in [0.5, 0.6) is 0 Å². The summed E-state index contributed by atoms with van der Waals surface area (Å²) in [5, 5.41) is 19.1. The van der Waals surface area contributed by atoms with E-state index in [1.54, 1.807) is 6.92 Å². The maximum absolute atomic E-state index is 12.0. The molecule has 2 N–H and O–H groups in total. The van der Waals surface area contributed by atoms with Gasteiger partial charge in [-0.2, -0.15) is 0 Å². The zero-order chi connectivity index (χ0) is 17.4. The molecule has 0 aliphatic carbocycles. The molecule has 0 unspecified atom stereocenters. The molecule has 0 aliphatic heterocycles. The Kier molecular flexibility index (Phi) is 8.96. The summed E-state index contributed by atoms with van der Waals surface area (Å²) in [5.41, 5.74) is 0. The van der Waals surface area contributed by atoms with Crippen molar-refractivity contribution >= 4 is 41.1 Å². The van der Waals surface area contributed by atoms with Crippen molar-refractivity contribution in [2.75, 3.05) is 6.61 Å². The van der Waals surface area contributed by atoms with Gasteiger partial charge in [-0.25, -0.2) is 4.79 Å². The number of rotatable bonds is 8. The molecule has 0 aliphatic rings. The van der Waals surface area contributed by atoms with Crippen molar-refractivity contribution in [3.05, 3.63) is 21.3 Å². The molecule has 0 saturated heterocycles. The number of hydrogen-bond acceptors (Lipinski definition) is 8. The third kappa shape index (κ3) is 6.57. The molecular formula is C14H20O6S2. The molecule has 0 amide bonds. The van der Waals surface area contributed by atoms with Crippen LogP contribution in [0.25, 0.3) is 0 Å². The minimum Gasteiger partial charge on any atom is -0.511 e. The van der Waals surface area contributed by atoms with Crippen LogP contribution in [-0.2, 0) is 19.1 Å². The van der Waals surface area contributed by atoms with Crippen molar-refractivity contribution in [3.63, 3.8) is 0 Å². The lowest BCUT2D eigenvalue weighted by Crippen LogP contribution is -2.20. The summed E-state index contributed by atoms with van der Waals surface area (Å²) in [4.78, 5) is 35.1. The van der Waals surface area contributed by atoms with Gasteiger partial charge in [0.25, 0.3) is 0 Å². The van der Waals surface area contributed by atoms with Crippen LogP contribution in [0, 0.1) is 0 Å². The highest BCUT2D eigenvalue weighted by atomic mass is 32.2. The molecule has 0 bridgehead atoms. The van der Waals surface area contributed by atoms with E-state index in [1.807, 2.05) is 0 Å². The summed E-state index contributed by atoms with van der Waals surface area (Å²) in [6.07, 6.45) is 0. The second kappa shape index (κ2) is 9.58. The topological polar surface area (TPSA) is 101 Å². The van der Waals surface area contributed by atoms with Gasteiger partial charge in [0.15, 0.2) is 16.1 Å². The van der Waals surface area contributed by atoms with Crippen LogP contribution in [0.3, 0.4) is 0 Å². The molecule has 0 aromatic carbocycles. The number of thioether (sulfide) groups is 2. The van der Waals surface area contributed by atoms with E-state index in [-0.39, 0.29) is 27.9 Å². The highest BCUT2D eigenvalue weighted by Gasteiger charge is 2.29. The zero-order valence-electron chi connectivity index (χ0n) is 13.1. The van der Waals surface area contributed by atoms with E-state index in [0.717, 1.165) is 23.5 Å². The first kappa shape index (κ1) is 20.6. The van der Waals surface area contributed by atoms with E-state index in [1.165, 1.54) is 27.7 Å². The summed E-state index contributed by atoms with van der Waals surface area (Å²) < 4.78 is 3.91. The average molecular weight is 348 g/mol. The molecule has 8 heteroatoms. The lowest BCUT2D eigenvalue weighted by atomic mass is 10.4. The molecular weight excluding hydrogens is 328 g/mol.